The van der Waals surface area contributed by atoms with Crippen molar-refractivity contribution in [2.45, 2.75) is 37.2 Å². The lowest BCUT2D eigenvalue weighted by Gasteiger charge is -2.25. The first-order valence-corrected chi connectivity index (χ1v) is 17.1. The van der Waals surface area contributed by atoms with Crippen LogP contribution in [0.15, 0.2) is 77.5 Å². The fourth-order valence-corrected chi connectivity index (χ4v) is 7.38. The van der Waals surface area contributed by atoms with Crippen molar-refractivity contribution in [2.75, 3.05) is 10.7 Å². The first kappa shape index (κ1) is 31.6. The predicted octanol–water partition coefficient (Wildman–Crippen LogP) is 8.43. The van der Waals surface area contributed by atoms with Gasteiger partial charge in [0.2, 0.25) is 9.50 Å². The maximum Gasteiger partial charge on any atom is 0.313 e. The minimum absolute atomic E-state index is 0.0570. The van der Waals surface area contributed by atoms with Crippen LogP contribution in [0.4, 0.5) is 5.69 Å². The number of aromatic amines is 1. The summed E-state index contributed by atoms with van der Waals surface area (Å²) < 4.78 is 3.17. The average molecular weight is 769 g/mol. The quantitative estimate of drug-likeness (QED) is 0.0506. The monoisotopic (exact) mass is 766 g/mol. The molecule has 0 atom stereocenters. The number of aromatic nitrogens is 3. The van der Waals surface area contributed by atoms with Gasteiger partial charge in [-0.1, -0.05) is 72.4 Å². The molecule has 45 heavy (non-hydrogen) atoms. The highest BCUT2D eigenvalue weighted by Crippen LogP contribution is 2.49. The van der Waals surface area contributed by atoms with E-state index in [9.17, 15) is 9.90 Å². The number of thioether (sulfide) groups is 1. The SMILES string of the molecule is N=C(Br)N(C(=N)SCC(=O)O)c1ccc(C2(O)CC2)c2ccccc12.S=c1[nH]nc(Br)n1-c1ccc(C2CC2)c2ccccc12. The Balaban J connectivity index is 0.000000162. The average Bonchev–Trinajstić information content (AvgIpc) is 3.96. The molecule has 13 heteroatoms. The van der Waals surface area contributed by atoms with Crippen molar-refractivity contribution < 1.29 is 15.0 Å². The Morgan fingerprint density at radius 3 is 2.24 bits per heavy atom. The minimum atomic E-state index is -1.02. The molecule has 0 spiro atoms. The third kappa shape index (κ3) is 6.50. The van der Waals surface area contributed by atoms with E-state index < -0.39 is 11.6 Å². The Morgan fingerprint density at radius 1 is 1.02 bits per heavy atom. The number of rotatable bonds is 6. The van der Waals surface area contributed by atoms with E-state index in [1.54, 1.807) is 6.07 Å². The highest BCUT2D eigenvalue weighted by atomic mass is 79.9. The third-order valence-corrected chi connectivity index (χ3v) is 9.93. The lowest BCUT2D eigenvalue weighted by molar-refractivity contribution is -0.133. The first-order chi connectivity index (χ1) is 21.6. The number of aliphatic carboxylic acids is 1. The van der Waals surface area contributed by atoms with Crippen LogP contribution in [-0.4, -0.2) is 46.6 Å². The zero-order valence-corrected chi connectivity index (χ0v) is 28.6. The van der Waals surface area contributed by atoms with E-state index >= 15 is 0 Å². The number of hydrogen-bond acceptors (Lipinski definition) is 7. The second-order valence-electron chi connectivity index (χ2n) is 11.0. The van der Waals surface area contributed by atoms with Crippen LogP contribution < -0.4 is 4.90 Å². The summed E-state index contributed by atoms with van der Waals surface area (Å²) in [6, 6.07) is 24.0. The van der Waals surface area contributed by atoms with E-state index in [0.29, 0.717) is 15.2 Å². The second-order valence-corrected chi connectivity index (χ2v) is 13.8. The molecule has 5 aromatic rings. The van der Waals surface area contributed by atoms with Gasteiger partial charge >= 0.3 is 5.97 Å². The normalized spacial score (nSPS) is 14.9. The Labute approximate surface area is 284 Å². The molecule has 0 aliphatic heterocycles. The highest BCUT2D eigenvalue weighted by Gasteiger charge is 2.43. The van der Waals surface area contributed by atoms with E-state index in [4.69, 9.17) is 28.1 Å². The van der Waals surface area contributed by atoms with E-state index in [2.05, 4.69) is 78.5 Å². The number of nitrogens with one attached hydrogen (secondary N) is 3. The highest BCUT2D eigenvalue weighted by molar-refractivity contribution is 9.18. The molecule has 2 fully saturated rings. The Morgan fingerprint density at radius 2 is 1.67 bits per heavy atom. The van der Waals surface area contributed by atoms with Gasteiger partial charge in [0, 0.05) is 10.8 Å². The summed E-state index contributed by atoms with van der Waals surface area (Å²) in [5.41, 5.74) is 3.16. The molecule has 2 saturated carbocycles. The molecular weight excluding hydrogens is 740 g/mol. The van der Waals surface area contributed by atoms with Gasteiger partial charge in [-0.3, -0.25) is 30.2 Å². The minimum Gasteiger partial charge on any atom is -0.481 e. The summed E-state index contributed by atoms with van der Waals surface area (Å²) in [5.74, 6) is -0.549. The van der Waals surface area contributed by atoms with Gasteiger partial charge in [0.25, 0.3) is 0 Å². The molecule has 4 aromatic carbocycles. The van der Waals surface area contributed by atoms with Crippen LogP contribution in [0.2, 0.25) is 0 Å². The molecule has 7 rings (SSSR count). The summed E-state index contributed by atoms with van der Waals surface area (Å²) in [4.78, 5) is 12.1. The molecule has 0 radical (unpaired) electrons. The molecule has 0 bridgehead atoms. The van der Waals surface area contributed by atoms with Crippen LogP contribution in [0.3, 0.4) is 0 Å². The fraction of sp³-hybridized carbons (Fsp3) is 0.219. The number of carboxylic acid groups (broad SMARTS) is 1. The third-order valence-electron chi connectivity index (χ3n) is 7.92. The molecule has 230 valence electrons. The number of nitrogens with zero attached hydrogens (tertiary/aromatic N) is 3. The zero-order valence-electron chi connectivity index (χ0n) is 23.8. The number of benzene rings is 4. The number of hydrogen-bond donors (Lipinski definition) is 5. The molecule has 0 amide bonds. The van der Waals surface area contributed by atoms with Crippen LogP contribution in [0.1, 0.15) is 42.7 Å². The van der Waals surface area contributed by atoms with Gasteiger partial charge in [-0.25, -0.2) is 0 Å². The lowest BCUT2D eigenvalue weighted by atomic mass is 9.97. The molecule has 2 aliphatic rings. The van der Waals surface area contributed by atoms with Gasteiger partial charge in [-0.05, 0) is 110 Å². The Kier molecular flexibility index (Phi) is 8.99. The van der Waals surface area contributed by atoms with Crippen LogP contribution in [-0.2, 0) is 10.4 Å². The zero-order chi connectivity index (χ0) is 31.9. The van der Waals surface area contributed by atoms with Crippen molar-refractivity contribution in [3.63, 3.8) is 0 Å². The summed E-state index contributed by atoms with van der Waals surface area (Å²) in [5, 5.41) is 46.6. The van der Waals surface area contributed by atoms with Crippen molar-refractivity contribution >= 4 is 99.0 Å². The van der Waals surface area contributed by atoms with Crippen molar-refractivity contribution in [3.8, 4) is 5.69 Å². The smallest absolute Gasteiger partial charge is 0.313 e. The van der Waals surface area contributed by atoms with Crippen LogP contribution >= 0.6 is 55.8 Å². The topological polar surface area (TPSA) is 142 Å². The maximum absolute atomic E-state index is 10.8. The molecule has 2 aliphatic carbocycles. The lowest BCUT2D eigenvalue weighted by Crippen LogP contribution is -2.31. The van der Waals surface area contributed by atoms with E-state index in [-0.39, 0.29) is 15.7 Å². The second kappa shape index (κ2) is 12.8. The predicted molar refractivity (Wildman–Crippen MR) is 190 cm³/mol. The van der Waals surface area contributed by atoms with Gasteiger partial charge in [-0.15, -0.1) is 5.10 Å². The number of anilines is 1. The summed E-state index contributed by atoms with van der Waals surface area (Å²) in [6.45, 7) is 0. The van der Waals surface area contributed by atoms with Gasteiger partial charge < -0.3 is 10.2 Å². The maximum atomic E-state index is 10.8. The molecule has 9 nitrogen and oxygen atoms in total. The molecular formula is C32H28Br2N6O3S2. The molecule has 1 heterocycles. The van der Waals surface area contributed by atoms with Gasteiger partial charge in [0.05, 0.1) is 22.7 Å². The Bertz CT molecular complexity index is 2040. The number of fused-ring (bicyclic) bond motifs is 2. The van der Waals surface area contributed by atoms with Crippen LogP contribution in [0.25, 0.3) is 27.2 Å². The molecule has 0 saturated heterocycles. The van der Waals surface area contributed by atoms with E-state index in [1.165, 1.54) is 34.1 Å². The summed E-state index contributed by atoms with van der Waals surface area (Å²) >= 11 is 12.7. The summed E-state index contributed by atoms with van der Waals surface area (Å²) in [6.07, 6.45) is 4.05. The number of halogens is 2. The number of aliphatic hydroxyl groups is 1. The van der Waals surface area contributed by atoms with Crippen molar-refractivity contribution in [2.24, 2.45) is 0 Å². The van der Waals surface area contributed by atoms with Crippen LogP contribution in [0.5, 0.6) is 0 Å². The van der Waals surface area contributed by atoms with Crippen molar-refractivity contribution in [1.29, 1.82) is 10.8 Å². The number of amidine groups is 2. The Hall–Kier alpha value is -3.36. The molecule has 0 unspecified atom stereocenters. The molecule has 5 N–H and O–H groups in total. The molecule has 1 aromatic heterocycles. The number of carbonyl (C=O) groups is 1. The number of H-pyrrole nitrogens is 1. The van der Waals surface area contributed by atoms with Crippen molar-refractivity contribution in [1.82, 2.24) is 14.8 Å². The fourth-order valence-electron chi connectivity index (χ4n) is 5.51. The van der Waals surface area contributed by atoms with Gasteiger partial charge in [0.1, 0.15) is 0 Å². The van der Waals surface area contributed by atoms with Crippen LogP contribution in [0, 0.1) is 15.6 Å². The van der Waals surface area contributed by atoms with E-state index in [1.807, 2.05) is 34.9 Å². The van der Waals surface area contributed by atoms with E-state index in [0.717, 1.165) is 52.5 Å². The summed E-state index contributed by atoms with van der Waals surface area (Å²) in [7, 11) is 0. The van der Waals surface area contributed by atoms with Crippen molar-refractivity contribution in [3.05, 3.63) is 93.4 Å². The number of carboxylic acids is 1. The standard InChI is InChI=1S/C17H16BrN3O3S.C15H12BrN3S/c18-15(19)21(16(20)25-9-14(22)23)13-6-5-12(17(24)7-8-17)10-3-1-2-4-11(10)13;16-14-17-18-15(20)19(14)13-8-7-10(9-5-6-9)11-3-1-2-4-12(11)13/h1-6,19-20,24H,7-9H2,(H,22,23);1-4,7-9H,5-6H2,(H,18,20). The largest absolute Gasteiger partial charge is 0.481 e. The van der Waals surface area contributed by atoms with Gasteiger partial charge in [0.15, 0.2) is 9.91 Å². The van der Waals surface area contributed by atoms with Gasteiger partial charge in [-0.2, -0.15) is 0 Å². The first-order valence-electron chi connectivity index (χ1n) is 14.2.